The van der Waals surface area contributed by atoms with Crippen molar-refractivity contribution in [2.45, 2.75) is 26.0 Å². The second-order valence-electron chi connectivity index (χ2n) is 10.4. The Hall–Kier alpha value is -4.51. The number of fused-ring (bicyclic) bond motifs is 3. The van der Waals surface area contributed by atoms with Crippen LogP contribution in [0.2, 0.25) is 0 Å². The Kier molecular flexibility index (Phi) is 6.18. The largest absolute Gasteiger partial charge is 0.496 e. The minimum Gasteiger partial charge on any atom is -0.496 e. The van der Waals surface area contributed by atoms with E-state index in [4.69, 9.17) is 19.9 Å². The topological polar surface area (TPSA) is 105 Å². The minimum atomic E-state index is -0.769. The summed E-state index contributed by atoms with van der Waals surface area (Å²) >= 11 is 0. The number of carbonyl (C=O) groups is 1. The number of aromatic nitrogens is 3. The number of carbonyl (C=O) groups excluding carboxylic acids is 1. The first kappa shape index (κ1) is 25.8. The number of methoxy groups -OCH3 is 1. The summed E-state index contributed by atoms with van der Waals surface area (Å²) in [6, 6.07) is 8.44. The summed E-state index contributed by atoms with van der Waals surface area (Å²) in [6.07, 6.45) is 3.19. The molecule has 6 rings (SSSR count). The lowest BCUT2D eigenvalue weighted by Crippen LogP contribution is -2.55. The number of ether oxygens (including phenoxy) is 3. The second-order valence-corrected chi connectivity index (χ2v) is 10.4. The number of pyridine rings is 1. The molecule has 4 aromatic rings. The van der Waals surface area contributed by atoms with E-state index in [-0.39, 0.29) is 23.9 Å². The smallest absolute Gasteiger partial charge is 0.275 e. The van der Waals surface area contributed by atoms with Crippen molar-refractivity contribution in [2.24, 2.45) is 0 Å². The maximum atomic E-state index is 14.4. The van der Waals surface area contributed by atoms with Gasteiger partial charge in [-0.15, -0.1) is 0 Å². The molecule has 2 N–H and O–H groups in total. The third-order valence-electron chi connectivity index (χ3n) is 7.17. The third kappa shape index (κ3) is 4.32. The number of rotatable bonds is 4. The van der Waals surface area contributed by atoms with Crippen LogP contribution in [-0.2, 0) is 11.3 Å². The highest BCUT2D eigenvalue weighted by Gasteiger charge is 2.39. The van der Waals surface area contributed by atoms with E-state index in [9.17, 15) is 13.6 Å². The molecule has 40 heavy (non-hydrogen) atoms. The molecule has 1 amide bonds. The minimum absolute atomic E-state index is 0.0221. The van der Waals surface area contributed by atoms with Gasteiger partial charge in [0.1, 0.15) is 29.7 Å². The number of benzene rings is 2. The zero-order valence-corrected chi connectivity index (χ0v) is 22.2. The molecule has 1 saturated heterocycles. The summed E-state index contributed by atoms with van der Waals surface area (Å²) < 4.78 is 47.5. The highest BCUT2D eigenvalue weighted by atomic mass is 19.1. The van der Waals surface area contributed by atoms with E-state index in [1.54, 1.807) is 30.3 Å². The second kappa shape index (κ2) is 9.60. The molecule has 2 aliphatic rings. The van der Waals surface area contributed by atoms with Gasteiger partial charge in [0.2, 0.25) is 0 Å². The Balaban J connectivity index is 1.60. The zero-order chi connectivity index (χ0) is 28.2. The molecule has 2 aromatic carbocycles. The number of hydrogen-bond donors (Lipinski definition) is 1. The fourth-order valence-electron chi connectivity index (χ4n) is 5.26. The standard InChI is InChI=1S/C29H27F2N5O4/c1-29(2)15-39-5-4-35(29)28(37)26-23-14-40-25-11-24(38-3)21(16-6-19(32)13-33-12-16)10-22(25)27(23)36(34-26)20-8-17(30)7-18(31)9-20/h6-13H,4-5,14-15,32H2,1-3H3. The third-order valence-corrected chi connectivity index (χ3v) is 7.17. The molecule has 0 bridgehead atoms. The van der Waals surface area contributed by atoms with E-state index in [0.717, 1.165) is 6.07 Å². The Morgan fingerprint density at radius 2 is 1.85 bits per heavy atom. The van der Waals surface area contributed by atoms with Gasteiger partial charge in [-0.05, 0) is 38.1 Å². The molecule has 0 atom stereocenters. The van der Waals surface area contributed by atoms with Gasteiger partial charge in [0.05, 0.1) is 42.9 Å². The highest BCUT2D eigenvalue weighted by molar-refractivity contribution is 5.97. The van der Waals surface area contributed by atoms with Crippen LogP contribution in [0.1, 0.15) is 29.9 Å². The van der Waals surface area contributed by atoms with Gasteiger partial charge < -0.3 is 24.8 Å². The van der Waals surface area contributed by atoms with Gasteiger partial charge in [0, 0.05) is 53.3 Å². The van der Waals surface area contributed by atoms with Crippen LogP contribution in [-0.4, -0.2) is 58.0 Å². The van der Waals surface area contributed by atoms with Crippen LogP contribution < -0.4 is 15.2 Å². The van der Waals surface area contributed by atoms with Gasteiger partial charge in [-0.1, -0.05) is 0 Å². The van der Waals surface area contributed by atoms with Crippen molar-refractivity contribution >= 4 is 11.6 Å². The molecular weight excluding hydrogens is 520 g/mol. The fraction of sp³-hybridized carbons (Fsp3) is 0.276. The summed E-state index contributed by atoms with van der Waals surface area (Å²) in [5, 5.41) is 4.65. The van der Waals surface area contributed by atoms with Crippen molar-refractivity contribution in [3.8, 4) is 39.6 Å². The van der Waals surface area contributed by atoms with E-state index in [2.05, 4.69) is 10.1 Å². The van der Waals surface area contributed by atoms with Crippen LogP contribution >= 0.6 is 0 Å². The molecule has 0 unspecified atom stereocenters. The van der Waals surface area contributed by atoms with E-state index in [0.29, 0.717) is 64.9 Å². The van der Waals surface area contributed by atoms with Crippen molar-refractivity contribution in [3.05, 3.63) is 71.7 Å². The molecule has 0 spiro atoms. The van der Waals surface area contributed by atoms with Crippen molar-refractivity contribution in [1.29, 1.82) is 0 Å². The van der Waals surface area contributed by atoms with Crippen molar-refractivity contribution < 1.29 is 27.8 Å². The first-order valence-corrected chi connectivity index (χ1v) is 12.7. The summed E-state index contributed by atoms with van der Waals surface area (Å²) in [7, 11) is 1.54. The molecule has 2 aliphatic heterocycles. The van der Waals surface area contributed by atoms with Gasteiger partial charge in [0.15, 0.2) is 5.69 Å². The number of hydrogen-bond acceptors (Lipinski definition) is 7. The molecule has 206 valence electrons. The number of nitrogens with two attached hydrogens (primary N) is 1. The van der Waals surface area contributed by atoms with Crippen LogP contribution in [0.15, 0.2) is 48.8 Å². The summed E-state index contributed by atoms with van der Waals surface area (Å²) in [4.78, 5) is 19.9. The molecule has 2 aromatic heterocycles. The number of morpholine rings is 1. The van der Waals surface area contributed by atoms with Gasteiger partial charge in [-0.2, -0.15) is 5.10 Å². The van der Waals surface area contributed by atoms with E-state index in [1.165, 1.54) is 23.0 Å². The molecule has 0 saturated carbocycles. The summed E-state index contributed by atoms with van der Waals surface area (Å²) in [6.45, 7) is 4.99. The fourth-order valence-corrected chi connectivity index (χ4v) is 5.26. The van der Waals surface area contributed by atoms with Gasteiger partial charge in [-0.3, -0.25) is 9.78 Å². The maximum absolute atomic E-state index is 14.4. The predicted octanol–water partition coefficient (Wildman–Crippen LogP) is 4.61. The highest BCUT2D eigenvalue weighted by Crippen LogP contribution is 2.46. The van der Waals surface area contributed by atoms with Crippen LogP contribution in [0.25, 0.3) is 28.1 Å². The molecule has 4 heterocycles. The number of nitrogen functional groups attached to an aromatic ring is 1. The lowest BCUT2D eigenvalue weighted by molar-refractivity contribution is -0.0374. The Labute approximate surface area is 229 Å². The zero-order valence-electron chi connectivity index (χ0n) is 22.2. The normalized spacial score (nSPS) is 15.7. The Bertz CT molecular complexity index is 1630. The Morgan fingerprint density at radius 3 is 2.55 bits per heavy atom. The van der Waals surface area contributed by atoms with Gasteiger partial charge in [-0.25, -0.2) is 13.5 Å². The number of amides is 1. The number of nitrogens with zero attached hydrogens (tertiary/aromatic N) is 4. The molecule has 0 aliphatic carbocycles. The number of anilines is 1. The molecular formula is C29H27F2N5O4. The molecule has 1 fully saturated rings. The van der Waals surface area contributed by atoms with E-state index in [1.807, 2.05) is 19.9 Å². The first-order chi connectivity index (χ1) is 19.2. The first-order valence-electron chi connectivity index (χ1n) is 12.7. The van der Waals surface area contributed by atoms with E-state index >= 15 is 0 Å². The van der Waals surface area contributed by atoms with E-state index < -0.39 is 17.2 Å². The molecule has 9 nitrogen and oxygen atoms in total. The summed E-state index contributed by atoms with van der Waals surface area (Å²) in [5.74, 6) is -0.872. The number of halogens is 2. The quantitative estimate of drug-likeness (QED) is 0.398. The van der Waals surface area contributed by atoms with Crippen molar-refractivity contribution in [2.75, 3.05) is 32.6 Å². The van der Waals surface area contributed by atoms with Crippen LogP contribution in [0.3, 0.4) is 0 Å². The van der Waals surface area contributed by atoms with Crippen LogP contribution in [0.4, 0.5) is 14.5 Å². The average molecular weight is 548 g/mol. The molecule has 11 heteroatoms. The van der Waals surface area contributed by atoms with Crippen molar-refractivity contribution in [1.82, 2.24) is 19.7 Å². The SMILES string of the molecule is COc1cc2c(cc1-c1cncc(N)c1)-c1c(c(C(=O)N3CCOCC3(C)C)nn1-c1cc(F)cc(F)c1)CO2. The monoisotopic (exact) mass is 547 g/mol. The maximum Gasteiger partial charge on any atom is 0.275 e. The van der Waals surface area contributed by atoms with Crippen LogP contribution in [0, 0.1) is 11.6 Å². The lowest BCUT2D eigenvalue weighted by atomic mass is 9.95. The molecule has 0 radical (unpaired) electrons. The lowest BCUT2D eigenvalue weighted by Gasteiger charge is -2.41. The Morgan fingerprint density at radius 1 is 1.07 bits per heavy atom. The summed E-state index contributed by atoms with van der Waals surface area (Å²) in [5.41, 5.74) is 9.08. The van der Waals surface area contributed by atoms with Gasteiger partial charge >= 0.3 is 0 Å². The van der Waals surface area contributed by atoms with Crippen molar-refractivity contribution in [3.63, 3.8) is 0 Å². The average Bonchev–Trinajstić information content (AvgIpc) is 3.31. The van der Waals surface area contributed by atoms with Gasteiger partial charge in [0.25, 0.3) is 5.91 Å². The van der Waals surface area contributed by atoms with Crippen LogP contribution in [0.5, 0.6) is 11.5 Å². The predicted molar refractivity (Wildman–Crippen MR) is 143 cm³/mol.